The molecule has 1 atom stereocenters. The monoisotopic (exact) mass is 395 g/mol. The number of amides is 2. The summed E-state index contributed by atoms with van der Waals surface area (Å²) in [6, 6.07) is 6.67. The summed E-state index contributed by atoms with van der Waals surface area (Å²) < 4.78 is 2.24. The maximum absolute atomic E-state index is 12.8. The van der Waals surface area contributed by atoms with Gasteiger partial charge in [-0.05, 0) is 42.8 Å². The van der Waals surface area contributed by atoms with E-state index >= 15 is 0 Å². The van der Waals surface area contributed by atoms with Crippen LogP contribution in [0.25, 0.3) is 22.6 Å². The number of hydrogen-bond donors (Lipinski definition) is 1. The van der Waals surface area contributed by atoms with Gasteiger partial charge in [-0.3, -0.25) is 0 Å². The van der Waals surface area contributed by atoms with E-state index in [1.165, 1.54) is 19.3 Å². The number of rotatable bonds is 3. The average molecular weight is 396 g/mol. The van der Waals surface area contributed by atoms with Crippen molar-refractivity contribution in [3.8, 4) is 11.4 Å². The van der Waals surface area contributed by atoms with Crippen LogP contribution in [0.3, 0.4) is 0 Å². The van der Waals surface area contributed by atoms with Gasteiger partial charge in [0.15, 0.2) is 5.65 Å². The summed E-state index contributed by atoms with van der Waals surface area (Å²) >= 11 is 1.67. The molecule has 5 rings (SSSR count). The number of urea groups is 1. The molecular weight excluding hydrogens is 370 g/mol. The van der Waals surface area contributed by atoms with E-state index in [-0.39, 0.29) is 12.1 Å². The van der Waals surface area contributed by atoms with Crippen LogP contribution in [0.5, 0.6) is 0 Å². The van der Waals surface area contributed by atoms with Crippen molar-refractivity contribution in [2.24, 2.45) is 0 Å². The van der Waals surface area contributed by atoms with Crippen molar-refractivity contribution in [1.29, 1.82) is 0 Å². The van der Waals surface area contributed by atoms with Crippen LogP contribution >= 0.6 is 11.3 Å². The Morgan fingerprint density at radius 2 is 2.07 bits per heavy atom. The lowest BCUT2D eigenvalue weighted by Gasteiger charge is -2.26. The highest BCUT2D eigenvalue weighted by Crippen LogP contribution is 2.33. The summed E-state index contributed by atoms with van der Waals surface area (Å²) in [5.74, 6) is 0.953. The Morgan fingerprint density at radius 3 is 2.89 bits per heavy atom. The molecule has 1 saturated carbocycles. The molecule has 2 aliphatic rings. The summed E-state index contributed by atoms with van der Waals surface area (Å²) in [6.07, 6.45) is 8.72. The number of thiophene rings is 1. The molecule has 6 nitrogen and oxygen atoms in total. The largest absolute Gasteiger partial charge is 0.335 e. The second-order valence-electron chi connectivity index (χ2n) is 7.84. The fourth-order valence-electron chi connectivity index (χ4n) is 4.52. The summed E-state index contributed by atoms with van der Waals surface area (Å²) in [4.78, 5) is 24.2. The number of carbonyl (C=O) groups is 1. The van der Waals surface area contributed by atoms with E-state index in [0.717, 1.165) is 48.4 Å². The van der Waals surface area contributed by atoms with Gasteiger partial charge in [-0.2, -0.15) is 11.3 Å². The third kappa shape index (κ3) is 3.28. The van der Waals surface area contributed by atoms with E-state index in [1.54, 1.807) is 11.3 Å². The van der Waals surface area contributed by atoms with Crippen LogP contribution in [0.15, 0.2) is 35.2 Å². The van der Waals surface area contributed by atoms with Gasteiger partial charge in [0.05, 0.1) is 6.04 Å². The average Bonchev–Trinajstić information content (AvgIpc) is 3.46. The van der Waals surface area contributed by atoms with Crippen molar-refractivity contribution in [2.75, 3.05) is 13.1 Å². The minimum Gasteiger partial charge on any atom is -0.335 e. The van der Waals surface area contributed by atoms with Gasteiger partial charge in [-0.25, -0.2) is 14.8 Å². The second kappa shape index (κ2) is 7.54. The lowest BCUT2D eigenvalue weighted by molar-refractivity contribution is 0.199. The van der Waals surface area contributed by atoms with Gasteiger partial charge in [-0.1, -0.05) is 19.3 Å². The molecule has 0 spiro atoms. The zero-order valence-corrected chi connectivity index (χ0v) is 16.7. The maximum atomic E-state index is 12.8. The molecule has 4 heterocycles. The summed E-state index contributed by atoms with van der Waals surface area (Å²) in [5.41, 5.74) is 2.94. The highest BCUT2D eigenvalue weighted by molar-refractivity contribution is 7.08. The number of carbonyl (C=O) groups excluding carboxylic acids is 1. The summed E-state index contributed by atoms with van der Waals surface area (Å²) in [5, 5.41) is 7.45. The molecule has 3 aromatic rings. The summed E-state index contributed by atoms with van der Waals surface area (Å²) in [6.45, 7) is 1.48. The molecule has 0 aromatic carbocycles. The van der Waals surface area contributed by atoms with Crippen LogP contribution in [0.2, 0.25) is 0 Å². The first-order valence-electron chi connectivity index (χ1n) is 10.2. The van der Waals surface area contributed by atoms with Crippen LogP contribution in [-0.4, -0.2) is 44.6 Å². The normalized spacial score (nSPS) is 20.7. The van der Waals surface area contributed by atoms with Gasteiger partial charge in [0.25, 0.3) is 0 Å². The van der Waals surface area contributed by atoms with Crippen molar-refractivity contribution >= 4 is 28.5 Å². The van der Waals surface area contributed by atoms with Gasteiger partial charge < -0.3 is 14.8 Å². The predicted molar refractivity (Wildman–Crippen MR) is 111 cm³/mol. The van der Waals surface area contributed by atoms with Gasteiger partial charge in [0.2, 0.25) is 0 Å². The Labute approximate surface area is 168 Å². The highest BCUT2D eigenvalue weighted by atomic mass is 32.1. The number of fused-ring (bicyclic) bond motifs is 1. The van der Waals surface area contributed by atoms with Crippen molar-refractivity contribution in [2.45, 2.75) is 50.6 Å². The Morgan fingerprint density at radius 1 is 1.18 bits per heavy atom. The number of aromatic nitrogens is 3. The molecule has 0 radical (unpaired) electrons. The minimum atomic E-state index is 0.0869. The molecule has 1 N–H and O–H groups in total. The molecule has 28 heavy (non-hydrogen) atoms. The Kier molecular flexibility index (Phi) is 4.76. The van der Waals surface area contributed by atoms with Gasteiger partial charge >= 0.3 is 6.03 Å². The van der Waals surface area contributed by atoms with Crippen LogP contribution in [0.4, 0.5) is 4.79 Å². The number of likely N-dealkylation sites (tertiary alicyclic amines) is 1. The van der Waals surface area contributed by atoms with Crippen molar-refractivity contribution in [3.63, 3.8) is 0 Å². The van der Waals surface area contributed by atoms with E-state index in [0.29, 0.717) is 12.6 Å². The molecule has 146 valence electrons. The van der Waals surface area contributed by atoms with Crippen LogP contribution in [0, 0.1) is 0 Å². The Hall–Kier alpha value is -2.41. The molecular formula is C21H25N5OS. The van der Waals surface area contributed by atoms with Crippen LogP contribution in [0.1, 0.15) is 44.6 Å². The van der Waals surface area contributed by atoms with E-state index in [9.17, 15) is 4.79 Å². The minimum absolute atomic E-state index is 0.0869. The number of hydrogen-bond acceptors (Lipinski definition) is 4. The standard InChI is InChI=1S/C21H25N5OS/c27-21(23-16-5-2-1-3-6-16)25-11-8-17(13-25)26-19(15-9-12-28-14-15)24-18-7-4-10-22-20(18)26/h4,7,9-10,12,14,16-17H,1-3,5-6,8,11,13H2,(H,23,27). The second-order valence-corrected chi connectivity index (χ2v) is 8.62. The predicted octanol–water partition coefficient (Wildman–Crippen LogP) is 4.45. The summed E-state index contributed by atoms with van der Waals surface area (Å²) in [7, 11) is 0. The number of imidazole rings is 1. The first-order valence-corrected chi connectivity index (χ1v) is 11.1. The van der Waals surface area contributed by atoms with Crippen molar-refractivity contribution < 1.29 is 4.79 Å². The third-order valence-electron chi connectivity index (χ3n) is 5.98. The first-order chi connectivity index (χ1) is 13.8. The van der Waals surface area contributed by atoms with E-state index in [2.05, 4.69) is 31.7 Å². The van der Waals surface area contributed by atoms with Gasteiger partial charge in [0, 0.05) is 36.3 Å². The fourth-order valence-corrected chi connectivity index (χ4v) is 5.16. The maximum Gasteiger partial charge on any atom is 0.317 e. The number of nitrogens with one attached hydrogen (secondary N) is 1. The Balaban J connectivity index is 1.39. The third-order valence-corrected chi connectivity index (χ3v) is 6.66. The number of pyridine rings is 1. The molecule has 1 aliphatic heterocycles. The zero-order chi connectivity index (χ0) is 18.9. The zero-order valence-electron chi connectivity index (χ0n) is 15.9. The highest BCUT2D eigenvalue weighted by Gasteiger charge is 2.31. The lowest BCUT2D eigenvalue weighted by atomic mass is 9.96. The van der Waals surface area contributed by atoms with E-state index in [1.807, 2.05) is 23.2 Å². The van der Waals surface area contributed by atoms with Crippen molar-refractivity contribution in [3.05, 3.63) is 35.2 Å². The molecule has 2 fully saturated rings. The molecule has 0 bridgehead atoms. The van der Waals surface area contributed by atoms with Crippen LogP contribution in [-0.2, 0) is 0 Å². The molecule has 1 saturated heterocycles. The van der Waals surface area contributed by atoms with E-state index < -0.39 is 0 Å². The topological polar surface area (TPSA) is 63.1 Å². The quantitative estimate of drug-likeness (QED) is 0.713. The molecule has 7 heteroatoms. The van der Waals surface area contributed by atoms with E-state index in [4.69, 9.17) is 4.98 Å². The molecule has 1 unspecified atom stereocenters. The van der Waals surface area contributed by atoms with Crippen molar-refractivity contribution in [1.82, 2.24) is 24.8 Å². The SMILES string of the molecule is O=C(NC1CCCCC1)N1CCC(n2c(-c3ccsc3)nc3cccnc32)C1. The lowest BCUT2D eigenvalue weighted by Crippen LogP contribution is -2.44. The molecule has 3 aromatic heterocycles. The Bertz CT molecular complexity index is 961. The van der Waals surface area contributed by atoms with Gasteiger partial charge in [-0.15, -0.1) is 0 Å². The smallest absolute Gasteiger partial charge is 0.317 e. The fraction of sp³-hybridized carbons (Fsp3) is 0.476. The van der Waals surface area contributed by atoms with Gasteiger partial charge in [0.1, 0.15) is 11.3 Å². The van der Waals surface area contributed by atoms with Crippen LogP contribution < -0.4 is 5.32 Å². The number of nitrogens with zero attached hydrogens (tertiary/aromatic N) is 4. The first kappa shape index (κ1) is 17.7. The molecule has 1 aliphatic carbocycles. The molecule has 2 amide bonds.